The fourth-order valence-corrected chi connectivity index (χ4v) is 4.06. The molecule has 0 bridgehead atoms. The number of aryl methyl sites for hydroxylation is 1. The summed E-state index contributed by atoms with van der Waals surface area (Å²) in [6.07, 6.45) is 2.77. The summed E-state index contributed by atoms with van der Waals surface area (Å²) in [5, 5.41) is 0. The number of fused-ring (bicyclic) bond motifs is 1. The van der Waals surface area contributed by atoms with Crippen LogP contribution in [0.2, 0.25) is 0 Å². The fraction of sp³-hybridized carbons (Fsp3) is 0.333. The summed E-state index contributed by atoms with van der Waals surface area (Å²) in [7, 11) is 0. The maximum atomic E-state index is 6.07. The second kappa shape index (κ2) is 6.07. The molecular formula is C15H15BrClN3S. The zero-order valence-electron chi connectivity index (χ0n) is 11.8. The van der Waals surface area contributed by atoms with Gasteiger partial charge in [-0.05, 0) is 48.0 Å². The van der Waals surface area contributed by atoms with Crippen molar-refractivity contribution >= 4 is 50.0 Å². The Kier molecular flexibility index (Phi) is 4.33. The van der Waals surface area contributed by atoms with Crippen LogP contribution in [-0.4, -0.2) is 14.5 Å². The highest BCUT2D eigenvalue weighted by Crippen LogP contribution is 2.27. The Morgan fingerprint density at radius 2 is 2.24 bits per heavy atom. The van der Waals surface area contributed by atoms with E-state index in [9.17, 15) is 0 Å². The first kappa shape index (κ1) is 15.0. The van der Waals surface area contributed by atoms with E-state index in [2.05, 4.69) is 56.4 Å². The van der Waals surface area contributed by atoms with Crippen LogP contribution in [0.3, 0.4) is 0 Å². The number of nitrogens with zero attached hydrogens (tertiary/aromatic N) is 3. The molecule has 0 aromatic carbocycles. The summed E-state index contributed by atoms with van der Waals surface area (Å²) in [6, 6.07) is 6.61. The van der Waals surface area contributed by atoms with Crippen molar-refractivity contribution in [3.63, 3.8) is 0 Å². The van der Waals surface area contributed by atoms with E-state index in [0.717, 1.165) is 27.9 Å². The van der Waals surface area contributed by atoms with Gasteiger partial charge in [0.1, 0.15) is 11.3 Å². The van der Waals surface area contributed by atoms with Crippen LogP contribution in [-0.2, 0) is 12.3 Å². The Hall–Kier alpha value is -0.910. The van der Waals surface area contributed by atoms with Crippen LogP contribution in [0, 0.1) is 6.92 Å². The standard InChI is InChI=1S/C15H15BrClN3S/c1-9(5-12-4-3-10(2)21-12)20-14(7-17)19-13-6-11(16)8-18-15(13)20/h3-4,6,8-9H,5,7H2,1-2H3. The van der Waals surface area contributed by atoms with E-state index in [0.29, 0.717) is 5.88 Å². The molecule has 0 N–H and O–H groups in total. The molecule has 1 atom stereocenters. The summed E-state index contributed by atoms with van der Waals surface area (Å²) in [4.78, 5) is 11.8. The van der Waals surface area contributed by atoms with Gasteiger partial charge in [-0.2, -0.15) is 0 Å². The average Bonchev–Trinajstić information content (AvgIpc) is 3.01. The predicted octanol–water partition coefficient (Wildman–Crippen LogP) is 5.11. The molecule has 0 spiro atoms. The minimum Gasteiger partial charge on any atom is -0.308 e. The van der Waals surface area contributed by atoms with Crippen LogP contribution in [0.4, 0.5) is 0 Å². The molecule has 3 rings (SSSR count). The lowest BCUT2D eigenvalue weighted by Crippen LogP contribution is -2.11. The van der Waals surface area contributed by atoms with Crippen LogP contribution in [0.1, 0.15) is 28.5 Å². The summed E-state index contributed by atoms with van der Waals surface area (Å²) in [6.45, 7) is 4.32. The zero-order chi connectivity index (χ0) is 15.0. The van der Waals surface area contributed by atoms with Gasteiger partial charge in [-0.25, -0.2) is 9.97 Å². The van der Waals surface area contributed by atoms with Crippen molar-refractivity contribution in [3.8, 4) is 0 Å². The lowest BCUT2D eigenvalue weighted by Gasteiger charge is -2.15. The third kappa shape index (κ3) is 3.00. The third-order valence-corrected chi connectivity index (χ3v) is 5.12. The molecule has 110 valence electrons. The van der Waals surface area contributed by atoms with E-state index in [1.165, 1.54) is 9.75 Å². The number of alkyl halides is 1. The van der Waals surface area contributed by atoms with Gasteiger partial charge in [0.25, 0.3) is 0 Å². The van der Waals surface area contributed by atoms with Crippen molar-refractivity contribution in [3.05, 3.63) is 44.4 Å². The quantitative estimate of drug-likeness (QED) is 0.585. The number of pyridine rings is 1. The zero-order valence-corrected chi connectivity index (χ0v) is 15.0. The number of halogens is 2. The van der Waals surface area contributed by atoms with Gasteiger partial charge in [0, 0.05) is 32.9 Å². The summed E-state index contributed by atoms with van der Waals surface area (Å²) < 4.78 is 3.09. The van der Waals surface area contributed by atoms with Gasteiger partial charge in [-0.3, -0.25) is 0 Å². The average molecular weight is 385 g/mol. The van der Waals surface area contributed by atoms with Crippen LogP contribution < -0.4 is 0 Å². The minimum absolute atomic E-state index is 0.274. The molecule has 0 amide bonds. The van der Waals surface area contributed by atoms with Crippen molar-refractivity contribution in [1.82, 2.24) is 14.5 Å². The lowest BCUT2D eigenvalue weighted by atomic mass is 10.2. The molecule has 21 heavy (non-hydrogen) atoms. The molecule has 0 aliphatic heterocycles. The van der Waals surface area contributed by atoms with Gasteiger partial charge in [-0.15, -0.1) is 22.9 Å². The van der Waals surface area contributed by atoms with E-state index in [1.807, 2.05) is 17.4 Å². The highest BCUT2D eigenvalue weighted by molar-refractivity contribution is 9.10. The summed E-state index contributed by atoms with van der Waals surface area (Å²) in [5.74, 6) is 1.26. The van der Waals surface area contributed by atoms with Crippen LogP contribution in [0.15, 0.2) is 28.9 Å². The molecule has 0 saturated carbocycles. The van der Waals surface area contributed by atoms with E-state index in [4.69, 9.17) is 11.6 Å². The van der Waals surface area contributed by atoms with Gasteiger partial charge in [0.2, 0.25) is 0 Å². The largest absolute Gasteiger partial charge is 0.308 e. The van der Waals surface area contributed by atoms with E-state index in [1.54, 1.807) is 6.20 Å². The van der Waals surface area contributed by atoms with Crippen molar-refractivity contribution in [2.24, 2.45) is 0 Å². The Bertz CT molecular complexity index is 780. The normalized spacial score (nSPS) is 13.0. The topological polar surface area (TPSA) is 30.7 Å². The maximum absolute atomic E-state index is 6.07. The molecule has 0 radical (unpaired) electrons. The van der Waals surface area contributed by atoms with E-state index >= 15 is 0 Å². The van der Waals surface area contributed by atoms with Gasteiger partial charge < -0.3 is 4.57 Å². The molecule has 1 unspecified atom stereocenters. The number of imidazole rings is 1. The Balaban J connectivity index is 2.01. The monoisotopic (exact) mass is 383 g/mol. The fourth-order valence-electron chi connectivity index (χ4n) is 2.54. The lowest BCUT2D eigenvalue weighted by molar-refractivity contribution is 0.544. The van der Waals surface area contributed by atoms with Crippen molar-refractivity contribution in [2.45, 2.75) is 32.2 Å². The number of aromatic nitrogens is 3. The molecule has 3 aromatic rings. The van der Waals surface area contributed by atoms with E-state index in [-0.39, 0.29) is 6.04 Å². The molecular weight excluding hydrogens is 370 g/mol. The molecule has 3 nitrogen and oxygen atoms in total. The second-order valence-electron chi connectivity index (χ2n) is 5.09. The smallest absolute Gasteiger partial charge is 0.160 e. The molecule has 3 aromatic heterocycles. The van der Waals surface area contributed by atoms with Crippen LogP contribution in [0.25, 0.3) is 11.2 Å². The maximum Gasteiger partial charge on any atom is 0.160 e. The number of rotatable bonds is 4. The first-order valence-corrected chi connectivity index (χ1v) is 8.86. The van der Waals surface area contributed by atoms with Gasteiger partial charge >= 0.3 is 0 Å². The number of thiophene rings is 1. The molecule has 0 aliphatic rings. The Morgan fingerprint density at radius 3 is 2.90 bits per heavy atom. The summed E-state index contributed by atoms with van der Waals surface area (Å²) >= 11 is 11.4. The number of hydrogen-bond donors (Lipinski definition) is 0. The van der Waals surface area contributed by atoms with Crippen molar-refractivity contribution in [2.75, 3.05) is 0 Å². The second-order valence-corrected chi connectivity index (χ2v) is 7.65. The SMILES string of the molecule is Cc1ccc(CC(C)n2c(CCl)nc3cc(Br)cnc32)s1. The first-order valence-electron chi connectivity index (χ1n) is 6.72. The molecule has 3 heterocycles. The van der Waals surface area contributed by atoms with Gasteiger partial charge in [0.05, 0.1) is 5.88 Å². The molecule has 0 fully saturated rings. The Morgan fingerprint density at radius 1 is 1.43 bits per heavy atom. The third-order valence-electron chi connectivity index (χ3n) is 3.42. The van der Waals surface area contributed by atoms with Gasteiger partial charge in [0.15, 0.2) is 5.65 Å². The van der Waals surface area contributed by atoms with E-state index < -0.39 is 0 Å². The van der Waals surface area contributed by atoms with Gasteiger partial charge in [-0.1, -0.05) is 0 Å². The number of hydrogen-bond acceptors (Lipinski definition) is 3. The highest BCUT2D eigenvalue weighted by Gasteiger charge is 2.17. The molecule has 6 heteroatoms. The summed E-state index contributed by atoms with van der Waals surface area (Å²) in [5.41, 5.74) is 1.78. The minimum atomic E-state index is 0.274. The van der Waals surface area contributed by atoms with Crippen LogP contribution in [0.5, 0.6) is 0 Å². The van der Waals surface area contributed by atoms with Crippen molar-refractivity contribution in [1.29, 1.82) is 0 Å². The Labute approximate surface area is 141 Å². The van der Waals surface area contributed by atoms with Crippen LogP contribution >= 0.6 is 38.9 Å². The predicted molar refractivity (Wildman–Crippen MR) is 92.3 cm³/mol. The molecule has 0 saturated heterocycles. The van der Waals surface area contributed by atoms with Crippen molar-refractivity contribution < 1.29 is 0 Å². The first-order chi connectivity index (χ1) is 10.1. The molecule has 0 aliphatic carbocycles. The highest BCUT2D eigenvalue weighted by atomic mass is 79.9.